The highest BCUT2D eigenvalue weighted by atomic mass is 127. The number of methoxy groups -OCH3 is 1. The van der Waals surface area contributed by atoms with Gasteiger partial charge in [-0.05, 0) is 36.8 Å². The number of hydrogen-bond acceptors (Lipinski definition) is 2. The van der Waals surface area contributed by atoms with Crippen LogP contribution in [0.1, 0.15) is 39.0 Å². The Hall–Kier alpha value is -0.980. The molecule has 0 bridgehead atoms. The van der Waals surface area contributed by atoms with Crippen LogP contribution in [-0.4, -0.2) is 19.6 Å². The Morgan fingerprint density at radius 2 is 2.00 bits per heavy atom. The highest BCUT2D eigenvalue weighted by Gasteiger charge is 2.31. The summed E-state index contributed by atoms with van der Waals surface area (Å²) in [7, 11) is 1.65. The van der Waals surface area contributed by atoms with E-state index in [1.807, 2.05) is 24.3 Å². The molecule has 1 fully saturated rings. The molecule has 1 aliphatic carbocycles. The normalized spacial score (nSPS) is 17.1. The van der Waals surface area contributed by atoms with Crippen molar-refractivity contribution < 1.29 is 4.74 Å². The predicted octanol–water partition coefficient (Wildman–Crippen LogP) is 4.01. The van der Waals surface area contributed by atoms with Crippen LogP contribution in [0.15, 0.2) is 29.3 Å². The molecule has 0 atom stereocenters. The van der Waals surface area contributed by atoms with Crippen LogP contribution in [0.5, 0.6) is 5.75 Å². The molecule has 2 rings (SSSR count). The maximum absolute atomic E-state index is 6.00. The fraction of sp³-hybridized carbons (Fsp3) is 0.562. The van der Waals surface area contributed by atoms with Crippen LogP contribution >= 0.6 is 24.0 Å². The van der Waals surface area contributed by atoms with Gasteiger partial charge in [-0.1, -0.05) is 31.9 Å². The van der Waals surface area contributed by atoms with Crippen LogP contribution in [0.2, 0.25) is 0 Å². The fourth-order valence-corrected chi connectivity index (χ4v) is 2.93. The number of benzene rings is 1. The average molecular weight is 403 g/mol. The molecule has 0 aliphatic heterocycles. The number of halogens is 1. The molecule has 1 saturated carbocycles. The second kappa shape index (κ2) is 8.46. The van der Waals surface area contributed by atoms with Gasteiger partial charge in [0, 0.05) is 6.54 Å². The van der Waals surface area contributed by atoms with Crippen LogP contribution in [-0.2, 0) is 0 Å². The average Bonchev–Trinajstić information content (AvgIpc) is 2.95. The summed E-state index contributed by atoms with van der Waals surface area (Å²) in [5.41, 5.74) is 7.23. The Morgan fingerprint density at radius 3 is 2.62 bits per heavy atom. The van der Waals surface area contributed by atoms with Gasteiger partial charge in [-0.15, -0.1) is 24.0 Å². The number of ether oxygens (including phenoxy) is 1. The molecule has 0 spiro atoms. The molecule has 5 heteroatoms. The van der Waals surface area contributed by atoms with Crippen molar-refractivity contribution >= 4 is 35.6 Å². The fourth-order valence-electron chi connectivity index (χ4n) is 2.93. The Kier molecular flexibility index (Phi) is 7.28. The Morgan fingerprint density at radius 1 is 1.33 bits per heavy atom. The number of anilines is 1. The van der Waals surface area contributed by atoms with E-state index in [4.69, 9.17) is 10.5 Å². The molecule has 4 nitrogen and oxygen atoms in total. The van der Waals surface area contributed by atoms with Gasteiger partial charge in [0.25, 0.3) is 0 Å². The largest absolute Gasteiger partial charge is 0.495 e. The third-order valence-electron chi connectivity index (χ3n) is 4.37. The first-order valence-corrected chi connectivity index (χ1v) is 7.39. The number of para-hydroxylation sites is 2. The van der Waals surface area contributed by atoms with Gasteiger partial charge >= 0.3 is 0 Å². The van der Waals surface area contributed by atoms with Crippen molar-refractivity contribution in [3.63, 3.8) is 0 Å². The molecule has 21 heavy (non-hydrogen) atoms. The van der Waals surface area contributed by atoms with Crippen molar-refractivity contribution in [1.82, 2.24) is 0 Å². The van der Waals surface area contributed by atoms with Gasteiger partial charge in [-0.2, -0.15) is 0 Å². The summed E-state index contributed by atoms with van der Waals surface area (Å²) < 4.78 is 5.29. The quantitative estimate of drug-likeness (QED) is 0.444. The molecular weight excluding hydrogens is 377 g/mol. The number of guanidine groups is 1. The highest BCUT2D eigenvalue weighted by molar-refractivity contribution is 14.0. The second-order valence-corrected chi connectivity index (χ2v) is 5.59. The van der Waals surface area contributed by atoms with Crippen molar-refractivity contribution in [2.45, 2.75) is 39.0 Å². The minimum absolute atomic E-state index is 0. The summed E-state index contributed by atoms with van der Waals surface area (Å²) in [5, 5.41) is 3.13. The van der Waals surface area contributed by atoms with Gasteiger partial charge < -0.3 is 15.8 Å². The van der Waals surface area contributed by atoms with E-state index in [0.717, 1.165) is 18.0 Å². The van der Waals surface area contributed by atoms with E-state index >= 15 is 0 Å². The van der Waals surface area contributed by atoms with Gasteiger partial charge in [0.2, 0.25) is 0 Å². The van der Waals surface area contributed by atoms with E-state index in [-0.39, 0.29) is 24.0 Å². The van der Waals surface area contributed by atoms with Gasteiger partial charge in [-0.3, -0.25) is 4.99 Å². The molecular formula is C16H26IN3O. The number of nitrogens with zero attached hydrogens (tertiary/aromatic N) is 1. The lowest BCUT2D eigenvalue weighted by Crippen LogP contribution is -2.27. The van der Waals surface area contributed by atoms with E-state index < -0.39 is 0 Å². The first-order valence-electron chi connectivity index (χ1n) is 7.39. The summed E-state index contributed by atoms with van der Waals surface area (Å²) >= 11 is 0. The summed E-state index contributed by atoms with van der Waals surface area (Å²) in [6.07, 6.45) is 6.37. The zero-order valence-corrected chi connectivity index (χ0v) is 15.2. The smallest absolute Gasteiger partial charge is 0.193 e. The van der Waals surface area contributed by atoms with E-state index in [0.29, 0.717) is 11.4 Å². The first-order chi connectivity index (χ1) is 9.69. The SMILES string of the molecule is CCC1(CN=C(N)Nc2ccccc2OC)CCCC1.I. The molecule has 0 heterocycles. The third-order valence-corrected chi connectivity index (χ3v) is 4.37. The standard InChI is InChI=1S/C16H25N3O.HI/c1-3-16(10-6-7-11-16)12-18-15(17)19-13-8-4-5-9-14(13)20-2;/h4-5,8-9H,3,6-7,10-12H2,1-2H3,(H3,17,18,19);1H. The summed E-state index contributed by atoms with van der Waals surface area (Å²) in [6, 6.07) is 7.72. The number of rotatable bonds is 5. The third kappa shape index (κ3) is 4.76. The molecule has 118 valence electrons. The molecule has 1 aromatic carbocycles. The molecule has 3 N–H and O–H groups in total. The molecule has 1 aliphatic rings. The van der Waals surface area contributed by atoms with Gasteiger partial charge in [0.15, 0.2) is 5.96 Å². The van der Waals surface area contributed by atoms with Gasteiger partial charge in [-0.25, -0.2) is 0 Å². The minimum Gasteiger partial charge on any atom is -0.495 e. The molecule has 0 saturated heterocycles. The van der Waals surface area contributed by atoms with Crippen molar-refractivity contribution in [2.24, 2.45) is 16.1 Å². The molecule has 1 aromatic rings. The van der Waals surface area contributed by atoms with E-state index in [2.05, 4.69) is 17.2 Å². The Labute approximate surface area is 144 Å². The summed E-state index contributed by atoms with van der Waals surface area (Å²) in [4.78, 5) is 4.55. The van der Waals surface area contributed by atoms with Crippen LogP contribution in [0.25, 0.3) is 0 Å². The van der Waals surface area contributed by atoms with E-state index in [9.17, 15) is 0 Å². The van der Waals surface area contributed by atoms with Crippen LogP contribution in [0, 0.1) is 5.41 Å². The summed E-state index contributed by atoms with van der Waals surface area (Å²) in [6.45, 7) is 3.07. The van der Waals surface area contributed by atoms with Crippen LogP contribution in [0.3, 0.4) is 0 Å². The number of aliphatic imine (C=N–C) groups is 1. The lowest BCUT2D eigenvalue weighted by Gasteiger charge is -2.25. The first kappa shape index (κ1) is 18.1. The minimum atomic E-state index is 0. The topological polar surface area (TPSA) is 59.6 Å². The van der Waals surface area contributed by atoms with E-state index in [1.165, 1.54) is 32.1 Å². The maximum Gasteiger partial charge on any atom is 0.193 e. The van der Waals surface area contributed by atoms with Crippen LogP contribution in [0.4, 0.5) is 5.69 Å². The number of hydrogen-bond donors (Lipinski definition) is 2. The van der Waals surface area contributed by atoms with Gasteiger partial charge in [0.05, 0.1) is 12.8 Å². The lowest BCUT2D eigenvalue weighted by atomic mass is 9.84. The molecule has 0 aromatic heterocycles. The molecule has 0 unspecified atom stereocenters. The molecule has 0 amide bonds. The second-order valence-electron chi connectivity index (χ2n) is 5.59. The Bertz CT molecular complexity index is 470. The van der Waals surface area contributed by atoms with Gasteiger partial charge in [0.1, 0.15) is 5.75 Å². The predicted molar refractivity (Wildman–Crippen MR) is 99.7 cm³/mol. The van der Waals surface area contributed by atoms with Crippen LogP contribution < -0.4 is 15.8 Å². The van der Waals surface area contributed by atoms with Crippen molar-refractivity contribution in [2.75, 3.05) is 19.0 Å². The zero-order chi connectivity index (χ0) is 14.4. The highest BCUT2D eigenvalue weighted by Crippen LogP contribution is 2.41. The van der Waals surface area contributed by atoms with Crippen molar-refractivity contribution in [3.05, 3.63) is 24.3 Å². The maximum atomic E-state index is 6.00. The van der Waals surface area contributed by atoms with E-state index in [1.54, 1.807) is 7.11 Å². The Balaban J connectivity index is 0.00000220. The lowest BCUT2D eigenvalue weighted by molar-refractivity contribution is 0.297. The van der Waals surface area contributed by atoms with Crippen molar-refractivity contribution in [1.29, 1.82) is 0 Å². The zero-order valence-electron chi connectivity index (χ0n) is 12.9. The number of nitrogens with two attached hydrogens (primary N) is 1. The monoisotopic (exact) mass is 403 g/mol. The number of nitrogens with one attached hydrogen (secondary N) is 1. The molecule has 0 radical (unpaired) electrons. The summed E-state index contributed by atoms with van der Waals surface area (Å²) in [5.74, 6) is 1.24. The van der Waals surface area contributed by atoms with Crippen molar-refractivity contribution in [3.8, 4) is 5.75 Å².